The van der Waals surface area contributed by atoms with Gasteiger partial charge in [-0.1, -0.05) is 30.3 Å². The maximum Gasteiger partial charge on any atom is 0.0389 e. The third kappa shape index (κ3) is 1.68. The Balaban J connectivity index is 2.05. The van der Waals surface area contributed by atoms with Crippen molar-refractivity contribution in [2.75, 3.05) is 6.54 Å². The summed E-state index contributed by atoms with van der Waals surface area (Å²) in [5.74, 6) is 0. The molecule has 0 aliphatic carbocycles. The molecule has 1 N–H and O–H groups in total. The average molecular weight is 229 g/mol. The number of rotatable bonds is 1. The van der Waals surface area contributed by atoms with Crippen molar-refractivity contribution >= 4 is 11.3 Å². The van der Waals surface area contributed by atoms with E-state index < -0.39 is 0 Å². The zero-order valence-electron chi connectivity index (χ0n) is 9.36. The van der Waals surface area contributed by atoms with Gasteiger partial charge in [0.2, 0.25) is 0 Å². The second-order valence-electron chi connectivity index (χ2n) is 4.29. The predicted octanol–water partition coefficient (Wildman–Crippen LogP) is 3.62. The minimum atomic E-state index is 0.520. The van der Waals surface area contributed by atoms with Crippen LogP contribution in [0.5, 0.6) is 0 Å². The van der Waals surface area contributed by atoms with E-state index >= 15 is 0 Å². The summed E-state index contributed by atoms with van der Waals surface area (Å²) in [5.41, 5.74) is 2.88. The Morgan fingerprint density at radius 3 is 2.81 bits per heavy atom. The Morgan fingerprint density at radius 2 is 2.06 bits per heavy atom. The van der Waals surface area contributed by atoms with Gasteiger partial charge in [0.25, 0.3) is 0 Å². The fraction of sp³-hybridized carbons (Fsp3) is 0.286. The van der Waals surface area contributed by atoms with Gasteiger partial charge >= 0.3 is 0 Å². The molecule has 1 aromatic carbocycles. The van der Waals surface area contributed by atoms with E-state index in [-0.39, 0.29) is 0 Å². The van der Waals surface area contributed by atoms with Crippen LogP contribution in [0.15, 0.2) is 36.4 Å². The van der Waals surface area contributed by atoms with Gasteiger partial charge in [-0.15, -0.1) is 11.3 Å². The number of benzene rings is 1. The van der Waals surface area contributed by atoms with Crippen molar-refractivity contribution in [1.29, 1.82) is 0 Å². The second kappa shape index (κ2) is 4.04. The maximum atomic E-state index is 3.51. The Bertz CT molecular complexity index is 487. The van der Waals surface area contributed by atoms with Gasteiger partial charge in [-0.25, -0.2) is 0 Å². The van der Waals surface area contributed by atoms with Crippen LogP contribution in [-0.4, -0.2) is 6.54 Å². The Morgan fingerprint density at radius 1 is 1.25 bits per heavy atom. The smallest absolute Gasteiger partial charge is 0.0389 e. The molecular formula is C14H15NS. The summed E-state index contributed by atoms with van der Waals surface area (Å²) < 4.78 is 0. The van der Waals surface area contributed by atoms with Crippen LogP contribution in [0.1, 0.15) is 23.4 Å². The lowest BCUT2D eigenvalue weighted by Gasteiger charge is -2.19. The third-order valence-electron chi connectivity index (χ3n) is 3.14. The number of hydrogen-bond acceptors (Lipinski definition) is 2. The first-order chi connectivity index (χ1) is 7.84. The van der Waals surface area contributed by atoms with E-state index in [1.807, 2.05) is 11.3 Å². The van der Waals surface area contributed by atoms with Crippen LogP contribution in [-0.2, 0) is 6.42 Å². The molecule has 2 aromatic rings. The van der Waals surface area contributed by atoms with Crippen LogP contribution >= 0.6 is 11.3 Å². The molecule has 1 atom stereocenters. The molecule has 3 rings (SSSR count). The quantitative estimate of drug-likeness (QED) is 0.787. The predicted molar refractivity (Wildman–Crippen MR) is 69.9 cm³/mol. The van der Waals surface area contributed by atoms with Crippen molar-refractivity contribution in [2.45, 2.75) is 19.4 Å². The molecule has 0 saturated carbocycles. The average Bonchev–Trinajstić information content (AvgIpc) is 2.76. The molecule has 1 nitrogen and oxygen atoms in total. The summed E-state index contributed by atoms with van der Waals surface area (Å²) in [7, 11) is 0. The van der Waals surface area contributed by atoms with Crippen molar-refractivity contribution in [2.24, 2.45) is 0 Å². The van der Waals surface area contributed by atoms with E-state index in [0.717, 1.165) is 6.54 Å². The molecular weight excluding hydrogens is 214 g/mol. The summed E-state index contributed by atoms with van der Waals surface area (Å²) in [6.07, 6.45) is 1.17. The Labute approximate surface area is 100 Å². The van der Waals surface area contributed by atoms with Crippen molar-refractivity contribution in [1.82, 2.24) is 5.32 Å². The molecule has 1 aromatic heterocycles. The summed E-state index contributed by atoms with van der Waals surface area (Å²) >= 11 is 1.93. The fourth-order valence-corrected chi connectivity index (χ4v) is 3.51. The highest BCUT2D eigenvalue weighted by molar-refractivity contribution is 7.15. The van der Waals surface area contributed by atoms with Gasteiger partial charge in [-0.2, -0.15) is 0 Å². The van der Waals surface area contributed by atoms with Gasteiger partial charge in [0.1, 0.15) is 0 Å². The molecule has 2 heteroatoms. The topological polar surface area (TPSA) is 12.0 Å². The largest absolute Gasteiger partial charge is 0.309 e. The minimum absolute atomic E-state index is 0.520. The van der Waals surface area contributed by atoms with Gasteiger partial charge in [0.15, 0.2) is 0 Å². The zero-order chi connectivity index (χ0) is 11.0. The molecule has 1 unspecified atom stereocenters. The number of nitrogens with one attached hydrogen (secondary N) is 1. The molecule has 0 spiro atoms. The fourth-order valence-electron chi connectivity index (χ4n) is 2.27. The molecule has 1 aliphatic rings. The van der Waals surface area contributed by atoms with E-state index in [4.69, 9.17) is 0 Å². The first-order valence-corrected chi connectivity index (χ1v) is 6.57. The molecule has 0 fully saturated rings. The highest BCUT2D eigenvalue weighted by Gasteiger charge is 2.19. The SMILES string of the molecule is CC1NCCc2cc(-c3ccccc3)sc21. The number of fused-ring (bicyclic) bond motifs is 1. The van der Waals surface area contributed by atoms with Crippen LogP contribution in [0.4, 0.5) is 0 Å². The van der Waals surface area contributed by atoms with Gasteiger partial charge in [0, 0.05) is 15.8 Å². The highest BCUT2D eigenvalue weighted by Crippen LogP contribution is 2.36. The highest BCUT2D eigenvalue weighted by atomic mass is 32.1. The number of thiophene rings is 1. The lowest BCUT2D eigenvalue weighted by atomic mass is 10.0. The molecule has 0 saturated heterocycles. The summed E-state index contributed by atoms with van der Waals surface area (Å²) in [5, 5.41) is 3.51. The lowest BCUT2D eigenvalue weighted by molar-refractivity contribution is 0.551. The molecule has 0 bridgehead atoms. The lowest BCUT2D eigenvalue weighted by Crippen LogP contribution is -2.26. The van der Waals surface area contributed by atoms with Gasteiger partial charge < -0.3 is 5.32 Å². The molecule has 82 valence electrons. The molecule has 1 aliphatic heterocycles. The van der Waals surface area contributed by atoms with Crippen LogP contribution in [0.3, 0.4) is 0 Å². The Hall–Kier alpha value is -1.12. The van der Waals surface area contributed by atoms with Crippen LogP contribution in [0, 0.1) is 0 Å². The van der Waals surface area contributed by atoms with Crippen LogP contribution < -0.4 is 5.32 Å². The summed E-state index contributed by atoms with van der Waals surface area (Å²) in [6, 6.07) is 13.6. The first-order valence-electron chi connectivity index (χ1n) is 5.76. The van der Waals surface area contributed by atoms with Crippen molar-refractivity contribution in [3.63, 3.8) is 0 Å². The van der Waals surface area contributed by atoms with Crippen molar-refractivity contribution in [3.8, 4) is 10.4 Å². The second-order valence-corrected chi connectivity index (χ2v) is 5.38. The van der Waals surface area contributed by atoms with Gasteiger partial charge in [-0.05, 0) is 37.1 Å². The number of hydrogen-bond donors (Lipinski definition) is 1. The zero-order valence-corrected chi connectivity index (χ0v) is 10.2. The van der Waals surface area contributed by atoms with E-state index in [1.54, 1.807) is 0 Å². The van der Waals surface area contributed by atoms with E-state index in [0.29, 0.717) is 6.04 Å². The minimum Gasteiger partial charge on any atom is -0.309 e. The first kappa shape index (κ1) is 10.1. The molecule has 2 heterocycles. The van der Waals surface area contributed by atoms with Crippen molar-refractivity contribution < 1.29 is 0 Å². The third-order valence-corrected chi connectivity index (χ3v) is 4.55. The van der Waals surface area contributed by atoms with E-state index in [9.17, 15) is 0 Å². The monoisotopic (exact) mass is 229 g/mol. The van der Waals surface area contributed by atoms with Crippen LogP contribution in [0.25, 0.3) is 10.4 Å². The summed E-state index contributed by atoms with van der Waals surface area (Å²) in [4.78, 5) is 2.92. The van der Waals surface area contributed by atoms with E-state index in [1.165, 1.54) is 27.3 Å². The van der Waals surface area contributed by atoms with Crippen LogP contribution in [0.2, 0.25) is 0 Å². The maximum absolute atomic E-state index is 3.51. The van der Waals surface area contributed by atoms with Gasteiger partial charge in [-0.3, -0.25) is 0 Å². The normalized spacial score (nSPS) is 19.4. The summed E-state index contributed by atoms with van der Waals surface area (Å²) in [6.45, 7) is 3.36. The van der Waals surface area contributed by atoms with Crippen molar-refractivity contribution in [3.05, 3.63) is 46.8 Å². The molecule has 0 radical (unpaired) electrons. The standard InChI is InChI=1S/C14H15NS/c1-10-14-12(7-8-15-10)9-13(16-14)11-5-3-2-4-6-11/h2-6,9-10,15H,7-8H2,1H3. The molecule has 16 heavy (non-hydrogen) atoms. The Kier molecular flexibility index (Phi) is 2.54. The van der Waals surface area contributed by atoms with E-state index in [2.05, 4.69) is 48.6 Å². The molecule has 0 amide bonds. The van der Waals surface area contributed by atoms with Gasteiger partial charge in [0.05, 0.1) is 0 Å².